The second-order valence-corrected chi connectivity index (χ2v) is 4.09. The monoisotopic (exact) mass is 232 g/mol. The smallest absolute Gasteiger partial charge is 0.258 e. The number of nitrogens with one attached hydrogen (secondary N) is 1. The van der Waals surface area contributed by atoms with Crippen molar-refractivity contribution in [3.05, 3.63) is 39.9 Å². The van der Waals surface area contributed by atoms with E-state index in [2.05, 4.69) is 23.8 Å². The molecule has 1 N–H and O–H groups in total. The van der Waals surface area contributed by atoms with Crippen molar-refractivity contribution in [3.8, 4) is 0 Å². The van der Waals surface area contributed by atoms with E-state index in [1.807, 2.05) is 32.0 Å². The summed E-state index contributed by atoms with van der Waals surface area (Å²) in [6, 6.07) is 5.67. The predicted molar refractivity (Wildman–Crippen MR) is 72.4 cm³/mol. The first kappa shape index (κ1) is 13.4. The molecule has 0 atom stereocenters. The molecule has 92 valence electrons. The van der Waals surface area contributed by atoms with Gasteiger partial charge in [-0.25, -0.2) is 4.98 Å². The second kappa shape index (κ2) is 6.18. The third-order valence-electron chi connectivity index (χ3n) is 2.25. The minimum atomic E-state index is -0.0492. The van der Waals surface area contributed by atoms with Crippen molar-refractivity contribution in [2.24, 2.45) is 0 Å². The van der Waals surface area contributed by atoms with Gasteiger partial charge < -0.3 is 4.98 Å². The van der Waals surface area contributed by atoms with E-state index in [1.54, 1.807) is 0 Å². The van der Waals surface area contributed by atoms with Crippen LogP contribution in [0.15, 0.2) is 23.0 Å². The molecule has 0 fully saturated rings. The molecule has 1 heterocycles. The Morgan fingerprint density at radius 3 is 2.47 bits per heavy atom. The standard InChI is InChI=1S/C11H12N2O.C3H8/c1-3-10-12-9-6-7(2)4-5-8(9)11(14)13-10;1-3-2/h4-6H,3H2,1-2H3,(H,12,13,14);3H2,1-2H3. The fraction of sp³-hybridized carbons (Fsp3) is 0.429. The molecule has 3 heteroatoms. The normalized spacial score (nSPS) is 9.88. The van der Waals surface area contributed by atoms with Gasteiger partial charge in [-0.15, -0.1) is 0 Å². The van der Waals surface area contributed by atoms with E-state index in [4.69, 9.17) is 0 Å². The zero-order chi connectivity index (χ0) is 12.8. The molecule has 0 bridgehead atoms. The van der Waals surface area contributed by atoms with Crippen molar-refractivity contribution in [1.82, 2.24) is 9.97 Å². The maximum atomic E-state index is 11.6. The Kier molecular flexibility index (Phi) is 4.88. The first-order chi connectivity index (χ1) is 8.12. The number of fused-ring (bicyclic) bond motifs is 1. The highest BCUT2D eigenvalue weighted by Crippen LogP contribution is 2.09. The highest BCUT2D eigenvalue weighted by atomic mass is 16.1. The average Bonchev–Trinajstić information content (AvgIpc) is 2.29. The summed E-state index contributed by atoms with van der Waals surface area (Å²) in [5.74, 6) is 0.744. The number of nitrogens with zero attached hydrogens (tertiary/aromatic N) is 1. The number of hydrogen-bond donors (Lipinski definition) is 1. The summed E-state index contributed by atoms with van der Waals surface area (Å²) in [5, 5.41) is 0.660. The van der Waals surface area contributed by atoms with E-state index in [-0.39, 0.29) is 5.56 Å². The van der Waals surface area contributed by atoms with E-state index in [0.717, 1.165) is 23.3 Å². The predicted octanol–water partition coefficient (Wildman–Crippen LogP) is 3.21. The van der Waals surface area contributed by atoms with Crippen LogP contribution in [-0.2, 0) is 6.42 Å². The lowest BCUT2D eigenvalue weighted by molar-refractivity contribution is 0.944. The van der Waals surface area contributed by atoms with Gasteiger partial charge in [0, 0.05) is 6.42 Å². The van der Waals surface area contributed by atoms with Crippen LogP contribution in [0, 0.1) is 6.92 Å². The van der Waals surface area contributed by atoms with Gasteiger partial charge in [0.1, 0.15) is 5.82 Å². The SMILES string of the molecule is CCC.CCc1nc2cc(C)ccc2c(=O)[nH]1. The molecular formula is C14H20N2O. The molecule has 0 aliphatic rings. The van der Waals surface area contributed by atoms with Gasteiger partial charge in [-0.1, -0.05) is 33.3 Å². The number of rotatable bonds is 1. The topological polar surface area (TPSA) is 45.8 Å². The van der Waals surface area contributed by atoms with E-state index >= 15 is 0 Å². The van der Waals surface area contributed by atoms with Gasteiger partial charge in [-0.2, -0.15) is 0 Å². The molecule has 1 aromatic heterocycles. The van der Waals surface area contributed by atoms with Crippen LogP contribution in [-0.4, -0.2) is 9.97 Å². The van der Waals surface area contributed by atoms with Gasteiger partial charge in [-0.3, -0.25) is 4.79 Å². The van der Waals surface area contributed by atoms with Gasteiger partial charge in [0.25, 0.3) is 5.56 Å². The molecule has 0 saturated carbocycles. The third-order valence-corrected chi connectivity index (χ3v) is 2.25. The molecule has 0 aliphatic heterocycles. The largest absolute Gasteiger partial charge is 0.310 e. The summed E-state index contributed by atoms with van der Waals surface area (Å²) >= 11 is 0. The first-order valence-corrected chi connectivity index (χ1v) is 6.11. The van der Waals surface area contributed by atoms with Crippen LogP contribution >= 0.6 is 0 Å². The van der Waals surface area contributed by atoms with Crippen molar-refractivity contribution in [1.29, 1.82) is 0 Å². The van der Waals surface area contributed by atoms with E-state index in [9.17, 15) is 4.79 Å². The molecule has 0 unspecified atom stereocenters. The lowest BCUT2D eigenvalue weighted by Crippen LogP contribution is -2.11. The number of aryl methyl sites for hydroxylation is 2. The summed E-state index contributed by atoms with van der Waals surface area (Å²) in [4.78, 5) is 18.7. The number of H-pyrrole nitrogens is 1. The molecule has 0 spiro atoms. The Labute approximate surface area is 102 Å². The summed E-state index contributed by atoms with van der Waals surface area (Å²) < 4.78 is 0. The van der Waals surface area contributed by atoms with Crippen molar-refractivity contribution in [2.75, 3.05) is 0 Å². The van der Waals surface area contributed by atoms with Crippen LogP contribution in [0.4, 0.5) is 0 Å². The molecule has 0 amide bonds. The zero-order valence-electron chi connectivity index (χ0n) is 11.0. The van der Waals surface area contributed by atoms with E-state index in [0.29, 0.717) is 5.39 Å². The lowest BCUT2D eigenvalue weighted by Gasteiger charge is -2.00. The Bertz CT molecular complexity index is 543. The van der Waals surface area contributed by atoms with Crippen molar-refractivity contribution in [2.45, 2.75) is 40.5 Å². The molecule has 3 nitrogen and oxygen atoms in total. The maximum Gasteiger partial charge on any atom is 0.258 e. The van der Waals surface area contributed by atoms with E-state index in [1.165, 1.54) is 6.42 Å². The lowest BCUT2D eigenvalue weighted by atomic mass is 10.2. The average molecular weight is 232 g/mol. The van der Waals surface area contributed by atoms with Crippen LogP contribution in [0.2, 0.25) is 0 Å². The Morgan fingerprint density at radius 1 is 1.24 bits per heavy atom. The van der Waals surface area contributed by atoms with Crippen molar-refractivity contribution in [3.63, 3.8) is 0 Å². The van der Waals surface area contributed by atoms with E-state index < -0.39 is 0 Å². The highest BCUT2D eigenvalue weighted by molar-refractivity contribution is 5.78. The van der Waals surface area contributed by atoms with Crippen LogP contribution in [0.25, 0.3) is 10.9 Å². The number of aromatic amines is 1. The number of hydrogen-bond acceptors (Lipinski definition) is 2. The fourth-order valence-corrected chi connectivity index (χ4v) is 1.47. The molecule has 0 aliphatic carbocycles. The summed E-state index contributed by atoms with van der Waals surface area (Å²) in [7, 11) is 0. The molecule has 0 saturated heterocycles. The number of aromatic nitrogens is 2. The Morgan fingerprint density at radius 2 is 1.88 bits per heavy atom. The minimum absolute atomic E-state index is 0.0492. The van der Waals surface area contributed by atoms with Crippen LogP contribution in [0.5, 0.6) is 0 Å². The molecule has 2 aromatic rings. The molecule has 0 radical (unpaired) electrons. The minimum Gasteiger partial charge on any atom is -0.310 e. The van der Waals surface area contributed by atoms with Crippen LogP contribution in [0.3, 0.4) is 0 Å². The second-order valence-electron chi connectivity index (χ2n) is 4.09. The maximum absolute atomic E-state index is 11.6. The van der Waals surface area contributed by atoms with Crippen molar-refractivity contribution >= 4 is 10.9 Å². The summed E-state index contributed by atoms with van der Waals surface area (Å²) in [5.41, 5.74) is 1.86. The van der Waals surface area contributed by atoms with Crippen molar-refractivity contribution < 1.29 is 0 Å². The van der Waals surface area contributed by atoms with Crippen LogP contribution < -0.4 is 5.56 Å². The summed E-state index contributed by atoms with van der Waals surface area (Å²) in [6.45, 7) is 8.22. The van der Waals surface area contributed by atoms with Gasteiger partial charge in [0.05, 0.1) is 10.9 Å². The number of benzene rings is 1. The third kappa shape index (κ3) is 3.41. The Balaban J connectivity index is 0.000000437. The quantitative estimate of drug-likeness (QED) is 0.820. The van der Waals surface area contributed by atoms with Gasteiger partial charge in [0.15, 0.2) is 0 Å². The van der Waals surface area contributed by atoms with Crippen LogP contribution in [0.1, 0.15) is 38.6 Å². The first-order valence-electron chi connectivity index (χ1n) is 6.11. The summed E-state index contributed by atoms with van der Waals surface area (Å²) in [6.07, 6.45) is 2.00. The van der Waals surface area contributed by atoms with Gasteiger partial charge in [-0.05, 0) is 24.6 Å². The Hall–Kier alpha value is -1.64. The molecular weight excluding hydrogens is 212 g/mol. The van der Waals surface area contributed by atoms with Gasteiger partial charge in [0.2, 0.25) is 0 Å². The zero-order valence-corrected chi connectivity index (χ0v) is 11.0. The molecule has 17 heavy (non-hydrogen) atoms. The molecule has 1 aromatic carbocycles. The fourth-order valence-electron chi connectivity index (χ4n) is 1.47. The highest BCUT2D eigenvalue weighted by Gasteiger charge is 2.01. The molecule has 2 rings (SSSR count). The van der Waals surface area contributed by atoms with Gasteiger partial charge >= 0.3 is 0 Å².